The maximum Gasteiger partial charge on any atom is 0.221 e. The molecule has 8 nitrogen and oxygen atoms in total. The van der Waals surface area contributed by atoms with Gasteiger partial charge in [-0.15, -0.1) is 0 Å². The summed E-state index contributed by atoms with van der Waals surface area (Å²) in [5.74, 6) is 1.17. The van der Waals surface area contributed by atoms with Crippen LogP contribution >= 0.6 is 12.2 Å². The van der Waals surface area contributed by atoms with Crippen LogP contribution in [-0.4, -0.2) is 34.8 Å². The Labute approximate surface area is 220 Å². The Bertz CT molecular complexity index is 1420. The Morgan fingerprint density at radius 2 is 1.78 bits per heavy atom. The zero-order valence-electron chi connectivity index (χ0n) is 20.7. The fourth-order valence-corrected chi connectivity index (χ4v) is 5.03. The lowest BCUT2D eigenvalue weighted by atomic mass is 10.0. The predicted molar refractivity (Wildman–Crippen MR) is 148 cm³/mol. The van der Waals surface area contributed by atoms with E-state index in [0.29, 0.717) is 16.5 Å². The highest BCUT2D eigenvalue weighted by Crippen LogP contribution is 2.43. The summed E-state index contributed by atoms with van der Waals surface area (Å²) in [6.07, 6.45) is 3.81. The fourth-order valence-electron chi connectivity index (χ4n) is 4.68. The average Bonchev–Trinajstić information content (AvgIpc) is 3.53. The van der Waals surface area contributed by atoms with Crippen LogP contribution in [0, 0.1) is 0 Å². The summed E-state index contributed by atoms with van der Waals surface area (Å²) in [6.45, 7) is 1.47. The predicted octanol–water partition coefficient (Wildman–Crippen LogP) is 5.03. The second-order valence-electron chi connectivity index (χ2n) is 8.56. The first kappa shape index (κ1) is 24.3. The van der Waals surface area contributed by atoms with Crippen LogP contribution < -0.4 is 25.0 Å². The van der Waals surface area contributed by atoms with E-state index in [0.717, 1.165) is 28.5 Å². The van der Waals surface area contributed by atoms with E-state index < -0.39 is 0 Å². The van der Waals surface area contributed by atoms with Gasteiger partial charge in [0.05, 0.1) is 31.6 Å². The number of anilines is 2. The molecule has 2 unspecified atom stereocenters. The van der Waals surface area contributed by atoms with Gasteiger partial charge in [-0.1, -0.05) is 6.07 Å². The van der Waals surface area contributed by atoms with Gasteiger partial charge in [-0.05, 0) is 78.9 Å². The highest BCUT2D eigenvalue weighted by atomic mass is 32.1. The quantitative estimate of drug-likeness (QED) is 0.336. The largest absolute Gasteiger partial charge is 0.497 e. The highest BCUT2D eigenvalue weighted by molar-refractivity contribution is 7.80. The first-order valence-electron chi connectivity index (χ1n) is 11.8. The van der Waals surface area contributed by atoms with Gasteiger partial charge in [-0.3, -0.25) is 9.78 Å². The molecule has 0 aliphatic carbocycles. The minimum atomic E-state index is -0.238. The average molecular weight is 514 g/mol. The second kappa shape index (κ2) is 10.3. The van der Waals surface area contributed by atoms with Crippen molar-refractivity contribution in [3.05, 3.63) is 96.6 Å². The highest BCUT2D eigenvalue weighted by Gasteiger charge is 2.42. The third-order valence-corrected chi connectivity index (χ3v) is 6.62. The molecule has 4 aromatic rings. The molecule has 5 rings (SSSR count). The number of rotatable bonds is 7. The zero-order valence-corrected chi connectivity index (χ0v) is 21.5. The van der Waals surface area contributed by atoms with Gasteiger partial charge in [0.2, 0.25) is 5.91 Å². The van der Waals surface area contributed by atoms with Crippen molar-refractivity contribution in [3.63, 3.8) is 0 Å². The third-order valence-electron chi connectivity index (χ3n) is 6.30. The summed E-state index contributed by atoms with van der Waals surface area (Å²) in [5.41, 5.74) is 4.27. The Morgan fingerprint density at radius 3 is 2.46 bits per heavy atom. The standard InChI is InChI=1S/C28H27N5O3S/c1-18(34)30-23-17-20(11-14-25(23)36-3)33-27(26(31-28(33)37)22-7-4-5-15-29-22)24-8-6-16-32(24)19-9-12-21(35-2)13-10-19/h4-17,26-27H,1-3H3,(H,30,34)(H,31,37). The van der Waals surface area contributed by atoms with Gasteiger partial charge in [0.25, 0.3) is 0 Å². The van der Waals surface area contributed by atoms with Crippen molar-refractivity contribution in [3.8, 4) is 17.2 Å². The summed E-state index contributed by atoms with van der Waals surface area (Å²) in [4.78, 5) is 18.6. The van der Waals surface area contributed by atoms with Crippen LogP contribution in [0.1, 0.15) is 30.4 Å². The fraction of sp³-hybridized carbons (Fsp3) is 0.179. The molecule has 1 saturated heterocycles. The van der Waals surface area contributed by atoms with Crippen molar-refractivity contribution in [2.45, 2.75) is 19.0 Å². The number of ether oxygens (including phenoxy) is 2. The number of nitrogens with zero attached hydrogens (tertiary/aromatic N) is 3. The van der Waals surface area contributed by atoms with E-state index in [1.165, 1.54) is 6.92 Å². The molecule has 1 fully saturated rings. The van der Waals surface area contributed by atoms with Gasteiger partial charge in [-0.25, -0.2) is 0 Å². The number of carbonyl (C=O) groups is 1. The minimum Gasteiger partial charge on any atom is -0.497 e. The Kier molecular flexibility index (Phi) is 6.78. The van der Waals surface area contributed by atoms with Gasteiger partial charge < -0.3 is 29.6 Å². The van der Waals surface area contributed by atoms with Crippen LogP contribution in [0.5, 0.6) is 11.5 Å². The zero-order chi connectivity index (χ0) is 25.9. The summed E-state index contributed by atoms with van der Waals surface area (Å²) < 4.78 is 13.0. The number of nitrogens with one attached hydrogen (secondary N) is 2. The number of aromatic nitrogens is 2. The van der Waals surface area contributed by atoms with Gasteiger partial charge in [-0.2, -0.15) is 0 Å². The molecule has 37 heavy (non-hydrogen) atoms. The number of carbonyl (C=O) groups excluding carboxylic acids is 1. The lowest BCUT2D eigenvalue weighted by Crippen LogP contribution is -2.30. The van der Waals surface area contributed by atoms with Gasteiger partial charge in [0.15, 0.2) is 5.11 Å². The third kappa shape index (κ3) is 4.73. The van der Waals surface area contributed by atoms with E-state index in [-0.39, 0.29) is 18.0 Å². The molecule has 3 heterocycles. The van der Waals surface area contributed by atoms with Crippen molar-refractivity contribution >= 4 is 34.6 Å². The lowest BCUT2D eigenvalue weighted by molar-refractivity contribution is -0.114. The molecule has 1 aliphatic rings. The van der Waals surface area contributed by atoms with E-state index >= 15 is 0 Å². The molecule has 2 N–H and O–H groups in total. The van der Waals surface area contributed by atoms with Crippen molar-refractivity contribution in [2.75, 3.05) is 24.4 Å². The van der Waals surface area contributed by atoms with Crippen molar-refractivity contribution in [1.82, 2.24) is 14.9 Å². The molecule has 0 bridgehead atoms. The van der Waals surface area contributed by atoms with Crippen LogP contribution in [0.3, 0.4) is 0 Å². The molecule has 1 amide bonds. The van der Waals surface area contributed by atoms with Gasteiger partial charge >= 0.3 is 0 Å². The molecule has 2 aromatic heterocycles. The molecule has 0 radical (unpaired) electrons. The molecule has 1 aliphatic heterocycles. The monoisotopic (exact) mass is 513 g/mol. The molecular formula is C28H27N5O3S. The molecule has 0 spiro atoms. The molecule has 2 aromatic carbocycles. The Morgan fingerprint density at radius 1 is 1.00 bits per heavy atom. The SMILES string of the molecule is COc1ccc(-n2cccc2C2C(c3ccccn3)NC(=S)N2c2ccc(OC)c(NC(C)=O)c2)cc1. The number of benzene rings is 2. The van der Waals surface area contributed by atoms with Gasteiger partial charge in [0.1, 0.15) is 17.5 Å². The van der Waals surface area contributed by atoms with E-state index in [1.54, 1.807) is 20.4 Å². The topological polar surface area (TPSA) is 80.7 Å². The van der Waals surface area contributed by atoms with Crippen molar-refractivity contribution in [2.24, 2.45) is 0 Å². The van der Waals surface area contributed by atoms with E-state index in [4.69, 9.17) is 21.7 Å². The van der Waals surface area contributed by atoms with Crippen molar-refractivity contribution < 1.29 is 14.3 Å². The first-order valence-corrected chi connectivity index (χ1v) is 12.2. The smallest absolute Gasteiger partial charge is 0.221 e. The van der Waals surface area contributed by atoms with Crippen LogP contribution in [0.15, 0.2) is 85.2 Å². The Balaban J connectivity index is 1.64. The van der Waals surface area contributed by atoms with Crippen LogP contribution in [0.25, 0.3) is 5.69 Å². The number of amides is 1. The minimum absolute atomic E-state index is 0.186. The maximum atomic E-state index is 11.9. The van der Waals surface area contributed by atoms with E-state index in [9.17, 15) is 4.79 Å². The van der Waals surface area contributed by atoms with Crippen LogP contribution in [-0.2, 0) is 4.79 Å². The Hall–Kier alpha value is -4.37. The summed E-state index contributed by atoms with van der Waals surface area (Å²) in [5, 5.41) is 6.90. The van der Waals surface area contributed by atoms with Crippen LogP contribution in [0.4, 0.5) is 11.4 Å². The maximum absolute atomic E-state index is 11.9. The van der Waals surface area contributed by atoms with Crippen LogP contribution in [0.2, 0.25) is 0 Å². The van der Waals surface area contributed by atoms with E-state index in [2.05, 4.69) is 31.2 Å². The van der Waals surface area contributed by atoms with Gasteiger partial charge in [0, 0.05) is 36.4 Å². The number of pyridine rings is 1. The lowest BCUT2D eigenvalue weighted by Gasteiger charge is -2.29. The molecule has 0 saturated carbocycles. The summed E-state index contributed by atoms with van der Waals surface area (Å²) >= 11 is 5.88. The summed E-state index contributed by atoms with van der Waals surface area (Å²) in [6, 6.07) is 23.1. The number of methoxy groups -OCH3 is 2. The molecule has 9 heteroatoms. The number of thiocarbonyl (C=S) groups is 1. The van der Waals surface area contributed by atoms with Crippen molar-refractivity contribution in [1.29, 1.82) is 0 Å². The number of hydrogen-bond donors (Lipinski definition) is 2. The van der Waals surface area contributed by atoms with E-state index in [1.807, 2.05) is 72.9 Å². The number of hydrogen-bond acceptors (Lipinski definition) is 5. The molecular weight excluding hydrogens is 486 g/mol. The second-order valence-corrected chi connectivity index (χ2v) is 8.95. The first-order chi connectivity index (χ1) is 18.0. The normalized spacial score (nSPS) is 16.8. The summed E-state index contributed by atoms with van der Waals surface area (Å²) in [7, 11) is 3.23. The molecule has 2 atom stereocenters. The molecule has 188 valence electrons.